The minimum Gasteiger partial charge on any atom is -0.357 e. The molecule has 1 heterocycles. The lowest BCUT2D eigenvalue weighted by molar-refractivity contribution is 0.581. The fraction of sp³-hybridized carbons (Fsp3) is 0.500. The maximum absolute atomic E-state index is 11.3. The standard InChI is InChI=1S/C20H30N4O2S2.HI/c1-4-21-20(23-16(2)12-13-28(3,25)26)22-14-18-15-27-19(24-18)11-10-17-8-6-5-7-9-17;/h5-9,15-16H,4,10-14H2,1-3H3,(H2,21,22,23);1H. The third kappa shape index (κ3) is 10.9. The monoisotopic (exact) mass is 550 g/mol. The second kappa shape index (κ2) is 13.2. The van der Waals surface area contributed by atoms with Crippen LogP contribution in [0.15, 0.2) is 40.7 Å². The molecule has 1 unspecified atom stereocenters. The largest absolute Gasteiger partial charge is 0.357 e. The zero-order chi connectivity index (χ0) is 20.4. The topological polar surface area (TPSA) is 83.4 Å². The van der Waals surface area contributed by atoms with Crippen molar-refractivity contribution in [3.8, 4) is 0 Å². The van der Waals surface area contributed by atoms with Gasteiger partial charge in [-0.3, -0.25) is 0 Å². The van der Waals surface area contributed by atoms with Crippen LogP contribution in [0.25, 0.3) is 0 Å². The summed E-state index contributed by atoms with van der Waals surface area (Å²) in [5.41, 5.74) is 2.27. The zero-order valence-electron chi connectivity index (χ0n) is 17.2. The second-order valence-electron chi connectivity index (χ2n) is 6.88. The van der Waals surface area contributed by atoms with Crippen LogP contribution in [0.2, 0.25) is 0 Å². The lowest BCUT2D eigenvalue weighted by Crippen LogP contribution is -2.42. The zero-order valence-corrected chi connectivity index (χ0v) is 21.2. The van der Waals surface area contributed by atoms with Crippen LogP contribution < -0.4 is 10.6 Å². The minimum atomic E-state index is -2.95. The molecule has 162 valence electrons. The van der Waals surface area contributed by atoms with Crippen molar-refractivity contribution in [1.82, 2.24) is 15.6 Å². The quantitative estimate of drug-likeness (QED) is 0.269. The van der Waals surface area contributed by atoms with Gasteiger partial charge < -0.3 is 10.6 Å². The van der Waals surface area contributed by atoms with E-state index in [9.17, 15) is 8.42 Å². The van der Waals surface area contributed by atoms with Crippen LogP contribution in [0.1, 0.15) is 36.5 Å². The number of thiazole rings is 1. The SMILES string of the molecule is CCNC(=NCc1csc(CCc2ccccc2)n1)NC(C)CCS(C)(=O)=O.I. The van der Waals surface area contributed by atoms with Gasteiger partial charge >= 0.3 is 0 Å². The average Bonchev–Trinajstić information content (AvgIpc) is 3.11. The van der Waals surface area contributed by atoms with Crippen molar-refractivity contribution < 1.29 is 8.42 Å². The molecular formula is C20H31IN4O2S2. The molecule has 0 saturated carbocycles. The lowest BCUT2D eigenvalue weighted by Gasteiger charge is -2.17. The highest BCUT2D eigenvalue weighted by Crippen LogP contribution is 2.14. The lowest BCUT2D eigenvalue weighted by atomic mass is 10.1. The summed E-state index contributed by atoms with van der Waals surface area (Å²) in [5, 5.41) is 9.64. The summed E-state index contributed by atoms with van der Waals surface area (Å²) in [6.07, 6.45) is 3.72. The number of halogens is 1. The number of rotatable bonds is 10. The second-order valence-corrected chi connectivity index (χ2v) is 10.1. The molecule has 0 saturated heterocycles. The molecule has 0 spiro atoms. The van der Waals surface area contributed by atoms with Gasteiger partial charge in [-0.05, 0) is 32.3 Å². The Morgan fingerprint density at radius 2 is 1.97 bits per heavy atom. The Morgan fingerprint density at radius 1 is 1.24 bits per heavy atom. The molecule has 9 heteroatoms. The Morgan fingerprint density at radius 3 is 2.62 bits per heavy atom. The first-order valence-corrected chi connectivity index (χ1v) is 12.5. The van der Waals surface area contributed by atoms with Crippen LogP contribution >= 0.6 is 35.3 Å². The first-order chi connectivity index (χ1) is 13.4. The highest BCUT2D eigenvalue weighted by molar-refractivity contribution is 14.0. The molecule has 0 radical (unpaired) electrons. The van der Waals surface area contributed by atoms with Crippen LogP contribution in [0.4, 0.5) is 0 Å². The van der Waals surface area contributed by atoms with E-state index in [0.717, 1.165) is 30.1 Å². The minimum absolute atomic E-state index is 0. The van der Waals surface area contributed by atoms with Gasteiger partial charge in [-0.15, -0.1) is 35.3 Å². The fourth-order valence-corrected chi connectivity index (χ4v) is 4.18. The van der Waals surface area contributed by atoms with Gasteiger partial charge in [0.15, 0.2) is 5.96 Å². The smallest absolute Gasteiger partial charge is 0.191 e. The third-order valence-corrected chi connectivity index (χ3v) is 6.05. The Balaban J connectivity index is 0.00000420. The molecule has 0 aliphatic carbocycles. The molecule has 29 heavy (non-hydrogen) atoms. The number of aromatic nitrogens is 1. The van der Waals surface area contributed by atoms with Crippen molar-refractivity contribution in [2.45, 2.75) is 45.7 Å². The number of nitrogens with zero attached hydrogens (tertiary/aromatic N) is 2. The summed E-state index contributed by atoms with van der Waals surface area (Å²) in [5.74, 6) is 0.847. The summed E-state index contributed by atoms with van der Waals surface area (Å²) >= 11 is 1.67. The van der Waals surface area contributed by atoms with E-state index in [1.807, 2.05) is 19.9 Å². The highest BCUT2D eigenvalue weighted by atomic mass is 127. The van der Waals surface area contributed by atoms with Gasteiger partial charge in [0.1, 0.15) is 9.84 Å². The first kappa shape index (κ1) is 25.8. The Labute approximate surface area is 195 Å². The molecular weight excluding hydrogens is 519 g/mol. The van der Waals surface area contributed by atoms with Gasteiger partial charge in [0.05, 0.1) is 23.0 Å². The third-order valence-electron chi connectivity index (χ3n) is 4.12. The maximum atomic E-state index is 11.3. The van der Waals surface area contributed by atoms with Crippen molar-refractivity contribution in [2.75, 3.05) is 18.6 Å². The van der Waals surface area contributed by atoms with Crippen molar-refractivity contribution in [3.05, 3.63) is 52.0 Å². The molecule has 0 aliphatic rings. The van der Waals surface area contributed by atoms with Gasteiger partial charge in [0, 0.05) is 30.6 Å². The molecule has 0 amide bonds. The predicted molar refractivity (Wildman–Crippen MR) is 133 cm³/mol. The van der Waals surface area contributed by atoms with E-state index < -0.39 is 9.84 Å². The number of aliphatic imine (C=N–C) groups is 1. The van der Waals surface area contributed by atoms with E-state index in [-0.39, 0.29) is 35.8 Å². The number of sulfone groups is 1. The van der Waals surface area contributed by atoms with E-state index in [1.165, 1.54) is 11.8 Å². The van der Waals surface area contributed by atoms with E-state index >= 15 is 0 Å². The van der Waals surface area contributed by atoms with Crippen LogP contribution in [0.3, 0.4) is 0 Å². The van der Waals surface area contributed by atoms with E-state index in [0.29, 0.717) is 18.9 Å². The van der Waals surface area contributed by atoms with Crippen molar-refractivity contribution in [3.63, 3.8) is 0 Å². The maximum Gasteiger partial charge on any atom is 0.191 e. The Kier molecular flexibility index (Phi) is 11.7. The number of benzene rings is 1. The molecule has 0 aliphatic heterocycles. The van der Waals surface area contributed by atoms with E-state index in [4.69, 9.17) is 0 Å². The first-order valence-electron chi connectivity index (χ1n) is 9.55. The van der Waals surface area contributed by atoms with Crippen molar-refractivity contribution in [2.24, 2.45) is 4.99 Å². The van der Waals surface area contributed by atoms with Crippen LogP contribution in [-0.4, -0.2) is 44.0 Å². The Bertz CT molecular complexity index is 854. The fourth-order valence-electron chi connectivity index (χ4n) is 2.61. The summed E-state index contributed by atoms with van der Waals surface area (Å²) in [6.45, 7) is 5.20. The molecule has 6 nitrogen and oxygen atoms in total. The summed E-state index contributed by atoms with van der Waals surface area (Å²) in [4.78, 5) is 9.27. The molecule has 1 atom stereocenters. The van der Waals surface area contributed by atoms with Crippen molar-refractivity contribution in [1.29, 1.82) is 0 Å². The van der Waals surface area contributed by atoms with Crippen LogP contribution in [-0.2, 0) is 29.2 Å². The summed E-state index contributed by atoms with van der Waals surface area (Å²) in [7, 11) is -2.95. The van der Waals surface area contributed by atoms with Gasteiger partial charge in [-0.2, -0.15) is 0 Å². The Hall–Kier alpha value is -1.20. The molecule has 1 aromatic heterocycles. The predicted octanol–water partition coefficient (Wildman–Crippen LogP) is 3.42. The molecule has 2 N–H and O–H groups in total. The molecule has 1 aromatic carbocycles. The van der Waals surface area contributed by atoms with Gasteiger partial charge in [0.2, 0.25) is 0 Å². The van der Waals surface area contributed by atoms with Crippen LogP contribution in [0.5, 0.6) is 0 Å². The molecule has 2 aromatic rings. The number of hydrogen-bond donors (Lipinski definition) is 2. The molecule has 2 rings (SSSR count). The average molecular weight is 551 g/mol. The van der Waals surface area contributed by atoms with Crippen molar-refractivity contribution >= 4 is 51.1 Å². The summed E-state index contributed by atoms with van der Waals surface area (Å²) < 4.78 is 22.6. The highest BCUT2D eigenvalue weighted by Gasteiger charge is 2.10. The number of nitrogens with one attached hydrogen (secondary N) is 2. The van der Waals surface area contributed by atoms with Crippen LogP contribution in [0, 0.1) is 0 Å². The molecule has 0 bridgehead atoms. The van der Waals surface area contributed by atoms with E-state index in [2.05, 4.69) is 50.3 Å². The number of aryl methyl sites for hydroxylation is 2. The van der Waals surface area contributed by atoms with Gasteiger partial charge in [-0.25, -0.2) is 18.4 Å². The van der Waals surface area contributed by atoms with E-state index in [1.54, 1.807) is 11.3 Å². The number of guanidine groups is 1. The summed E-state index contributed by atoms with van der Waals surface area (Å²) in [6, 6.07) is 10.4. The normalized spacial score (nSPS) is 12.9. The molecule has 0 fully saturated rings. The van der Waals surface area contributed by atoms with Gasteiger partial charge in [-0.1, -0.05) is 30.3 Å². The van der Waals surface area contributed by atoms with Gasteiger partial charge in [0.25, 0.3) is 0 Å². The number of hydrogen-bond acceptors (Lipinski definition) is 5.